The topological polar surface area (TPSA) is 265 Å². The van der Waals surface area contributed by atoms with Crippen LogP contribution >= 0.6 is 73.9 Å². The molecule has 0 spiro atoms. The van der Waals surface area contributed by atoms with Crippen molar-refractivity contribution in [1.82, 2.24) is 30.7 Å². The number of nitrogens with zero attached hydrogens (tertiary/aromatic N) is 7. The Kier molecular flexibility index (Phi) is 34.5. The van der Waals surface area contributed by atoms with Crippen molar-refractivity contribution in [1.29, 1.82) is 0 Å². The van der Waals surface area contributed by atoms with Crippen molar-refractivity contribution in [3.63, 3.8) is 0 Å². The van der Waals surface area contributed by atoms with Crippen LogP contribution in [0.5, 0.6) is 34.5 Å². The molecular formula is C115H116BrCl5F5N10O14+. The zero-order chi connectivity index (χ0) is 104. The van der Waals surface area contributed by atoms with Crippen LogP contribution in [-0.2, 0) is 23.6 Å². The van der Waals surface area contributed by atoms with E-state index in [9.17, 15) is 56.4 Å². The van der Waals surface area contributed by atoms with E-state index in [2.05, 4.69) is 61.3 Å². The monoisotopic (exact) mass is 2210 g/mol. The molecule has 2 unspecified atom stereocenters. The number of aliphatic hydroxyl groups excluding tert-OH is 3. The Morgan fingerprint density at radius 1 is 0.340 bits per heavy atom. The maximum Gasteiger partial charge on any atom is 0.393 e. The number of aliphatic carboxylic acids is 1. The Bertz CT molecular complexity index is 6970. The minimum absolute atomic E-state index is 0.0720. The first-order chi connectivity index (χ1) is 72.6. The van der Waals surface area contributed by atoms with Gasteiger partial charge in [-0.25, -0.2) is 26.4 Å². The number of halogens is 11. The average molecular weight is 2210 g/mol. The molecule has 3 amide bonds. The third kappa shape index (κ3) is 25.1. The fourth-order valence-electron chi connectivity index (χ4n) is 21.6. The summed E-state index contributed by atoms with van der Waals surface area (Å²) in [6.45, 7) is 14.5. The molecule has 150 heavy (non-hydrogen) atoms. The fraction of sp³-hybridized carbons (Fsp3) is 0.365. The van der Waals surface area contributed by atoms with Crippen LogP contribution in [-0.4, -0.2) is 228 Å². The molecule has 7 fully saturated rings. The van der Waals surface area contributed by atoms with Crippen molar-refractivity contribution in [2.24, 2.45) is 23.7 Å². The first-order valence-corrected chi connectivity index (χ1v) is 53.7. The summed E-state index contributed by atoms with van der Waals surface area (Å²) in [6.07, 6.45) is 8.29. The van der Waals surface area contributed by atoms with E-state index in [1.165, 1.54) is 60.7 Å². The number of anilines is 4. The lowest BCUT2D eigenvalue weighted by atomic mass is 9.99. The van der Waals surface area contributed by atoms with Gasteiger partial charge in [0.25, 0.3) is 0 Å². The van der Waals surface area contributed by atoms with Crippen LogP contribution in [0.3, 0.4) is 0 Å². The number of carbonyl (C=O) groups is 4. The van der Waals surface area contributed by atoms with Crippen LogP contribution in [0.2, 0.25) is 25.1 Å². The highest BCUT2D eigenvalue weighted by Crippen LogP contribution is 2.45. The Hall–Kier alpha value is -11.8. The molecule has 10 atom stereocenters. The molecule has 0 aliphatic carbocycles. The number of aldehydes is 1. The Labute approximate surface area is 898 Å². The second kappa shape index (κ2) is 48.5. The smallest absolute Gasteiger partial charge is 0.393 e. The van der Waals surface area contributed by atoms with E-state index >= 15 is 0 Å². The van der Waals surface area contributed by atoms with Gasteiger partial charge in [0.05, 0.1) is 89.7 Å². The van der Waals surface area contributed by atoms with Crippen molar-refractivity contribution >= 4 is 181 Å². The standard InChI is InChI=1S/2C30H33ClFN3O4.C30H31ClFN3O4.C15H13ClFNO2.C10H5BrClF/c3*31-28-23-6-5-22(32)15-19(23)3-7-25(28)35-12-9-21(17-35)30(37)33-24(18-34-10-1-2-11-34)29(36)20-4-8-26-27(16-20)39-14-13-38-26;16-14-12-3-2-11(17)7-9(12)1-4-13(14)18-6-5-10(8-18)15(19)20;11-9-4-1-6-5-7(13)2-3-8(6)10(9)12/h2*3-8,15-16,21,24,29,36H,1-2,9-14,17-18H2,(H,33,37);3-8,13,15-16,21,24,29,36H,1-2,9-12,14,17-18H2;1-4,7,10H,5-6,8H2,(H,19,20);1-5H/p+1/t21?,24-,29-;21-,24+,29+;21-,24-,29-;;/m101../s1. The number of nitrogens with one attached hydrogen (secondary N) is 3. The van der Waals surface area contributed by atoms with Gasteiger partial charge in [0, 0.05) is 109 Å². The number of aliphatic hydroxyl groups is 3. The van der Waals surface area contributed by atoms with Crippen molar-refractivity contribution in [3.8, 4) is 34.5 Å². The molecule has 786 valence electrons. The number of carboxylic acids is 1. The van der Waals surface area contributed by atoms with Gasteiger partial charge in [-0.3, -0.25) is 19.2 Å². The van der Waals surface area contributed by atoms with Gasteiger partial charge in [0.1, 0.15) is 73.8 Å². The lowest BCUT2D eigenvalue weighted by Gasteiger charge is -2.30. The van der Waals surface area contributed by atoms with E-state index in [4.69, 9.17) is 91.2 Å². The van der Waals surface area contributed by atoms with E-state index in [0.717, 1.165) is 159 Å². The molecule has 23 rings (SSSR count). The summed E-state index contributed by atoms with van der Waals surface area (Å²) in [5.74, 6) is 0.260. The van der Waals surface area contributed by atoms with Gasteiger partial charge < -0.3 is 94.4 Å². The predicted octanol–water partition coefficient (Wildman–Crippen LogP) is 21.6. The zero-order valence-corrected chi connectivity index (χ0v) is 87.6. The number of fused-ring (bicyclic) bond motifs is 8. The van der Waals surface area contributed by atoms with Gasteiger partial charge in [-0.05, 0) is 321 Å². The molecule has 0 bridgehead atoms. The van der Waals surface area contributed by atoms with Crippen molar-refractivity contribution < 1.29 is 89.7 Å². The second-order valence-corrected chi connectivity index (χ2v) is 42.4. The van der Waals surface area contributed by atoms with E-state index in [-0.39, 0.29) is 70.5 Å². The normalized spacial score (nSPS) is 19.6. The van der Waals surface area contributed by atoms with Crippen molar-refractivity contribution in [3.05, 3.63) is 282 Å². The van der Waals surface area contributed by atoms with Crippen LogP contribution < -0.4 is 59.2 Å². The number of amides is 3. The van der Waals surface area contributed by atoms with Gasteiger partial charge in [-0.1, -0.05) is 100 Å². The number of rotatable bonds is 23. The summed E-state index contributed by atoms with van der Waals surface area (Å²) in [7, 11) is 0. The number of benzene rings is 13. The molecule has 13 aromatic carbocycles. The van der Waals surface area contributed by atoms with E-state index in [0.29, 0.717) is 207 Å². The van der Waals surface area contributed by atoms with E-state index < -0.39 is 42.4 Å². The number of carboxylic acid groups (broad SMARTS) is 1. The molecule has 24 nitrogen and oxygen atoms in total. The molecule has 7 N–H and O–H groups in total. The van der Waals surface area contributed by atoms with Gasteiger partial charge in [-0.15, -0.1) is 0 Å². The van der Waals surface area contributed by atoms with Crippen molar-refractivity contribution in [2.75, 3.05) is 164 Å². The number of likely N-dealkylation sites (tertiary alicyclic amines) is 3. The molecule has 35 heteroatoms. The Morgan fingerprint density at radius 3 is 0.947 bits per heavy atom. The number of ether oxygens (including phenoxy) is 5. The van der Waals surface area contributed by atoms with Crippen LogP contribution in [0, 0.1) is 52.8 Å². The third-order valence-electron chi connectivity index (χ3n) is 29.8. The summed E-state index contributed by atoms with van der Waals surface area (Å²) in [4.78, 5) is 66.8. The van der Waals surface area contributed by atoms with Gasteiger partial charge in [0.15, 0.2) is 29.6 Å². The van der Waals surface area contributed by atoms with Gasteiger partial charge >= 0.3 is 18.0 Å². The summed E-state index contributed by atoms with van der Waals surface area (Å²) >= 11 is 35.9. The summed E-state index contributed by atoms with van der Waals surface area (Å²) < 4.78 is 102. The zero-order valence-electron chi connectivity index (χ0n) is 82.3. The molecule has 13 aromatic rings. The summed E-state index contributed by atoms with van der Waals surface area (Å²) in [5, 5.41) is 63.5. The van der Waals surface area contributed by atoms with Gasteiger partial charge in [0.2, 0.25) is 23.5 Å². The molecule has 10 heterocycles. The molecule has 7 saturated heterocycles. The fourth-order valence-corrected chi connectivity index (χ4v) is 23.6. The average Bonchev–Trinajstić information content (AvgIpc) is 1.61. The molecule has 0 radical (unpaired) electrons. The highest BCUT2D eigenvalue weighted by molar-refractivity contribution is 9.10. The van der Waals surface area contributed by atoms with Gasteiger partial charge in [-0.2, -0.15) is 0 Å². The molecule has 10 aliphatic heterocycles. The molecule has 0 aromatic heterocycles. The van der Waals surface area contributed by atoms with Crippen LogP contribution in [0.15, 0.2) is 211 Å². The van der Waals surface area contributed by atoms with Crippen LogP contribution in [0.25, 0.3) is 53.9 Å². The van der Waals surface area contributed by atoms with Crippen molar-refractivity contribution in [2.45, 2.75) is 101 Å². The largest absolute Gasteiger partial charge is 0.486 e. The van der Waals surface area contributed by atoms with E-state index in [1.54, 1.807) is 48.8 Å². The molecule has 10 aliphatic rings. The lowest BCUT2D eigenvalue weighted by molar-refractivity contribution is -0.367. The Balaban J connectivity index is 0.000000123. The molecular weight excluding hydrogens is 2100 g/mol. The maximum absolute atomic E-state index is 13.7. The number of carbonyl (C=O) groups excluding carboxylic acids is 4. The third-order valence-corrected chi connectivity index (χ3v) is 32.6. The first-order valence-electron chi connectivity index (χ1n) is 51.1. The predicted molar refractivity (Wildman–Crippen MR) is 581 cm³/mol. The number of hydrogen-bond acceptors (Lipinski definition) is 19. The Morgan fingerprint density at radius 2 is 0.627 bits per heavy atom. The lowest BCUT2D eigenvalue weighted by Crippen LogP contribution is -2.48. The second-order valence-electron chi connectivity index (χ2n) is 39.7. The minimum atomic E-state index is -0.901. The quantitative estimate of drug-likeness (QED) is 0.0178. The maximum atomic E-state index is 13.7. The summed E-state index contributed by atoms with van der Waals surface area (Å²) in [6, 6.07) is 56.2. The van der Waals surface area contributed by atoms with E-state index in [1.807, 2.05) is 108 Å². The summed E-state index contributed by atoms with van der Waals surface area (Å²) in [5.41, 5.74) is 5.40. The highest BCUT2D eigenvalue weighted by Gasteiger charge is 2.40. The highest BCUT2D eigenvalue weighted by atomic mass is 79.9. The minimum Gasteiger partial charge on any atom is -0.486 e. The SMILES string of the molecule is Fc1ccc2c(Cl)c(Br)ccc2c1.O=C(N[C@H](CN1CCCC1)[C@H](O)c1ccc2c(c1)OCC=[O+]2)[C@@H]1CCN(c2ccc3cc(F)ccc3c2Cl)C1.O=C(N[C@H](CN1CCCC1)[C@H](O)c1ccc2c(c1)OCCO2)C1CCN(c2ccc3cc(F)ccc3c2Cl)C1.O=C(N[C@H](CN1CCCC1)[C@H](O)c1ccc2c(c1)OCCO2)[C@H]1CCN(c2ccc3cc(F)ccc3c2Cl)C1.O=C(O)C1CCN(c2ccc3cc(F)ccc3c2Cl)C1. The van der Waals surface area contributed by atoms with Crippen LogP contribution in [0.4, 0.5) is 44.7 Å². The molecule has 0 saturated carbocycles. The first kappa shape index (κ1) is 107. The van der Waals surface area contributed by atoms with Crippen LogP contribution in [0.1, 0.15) is 99.2 Å². The number of hydrogen-bond donors (Lipinski definition) is 7.